The van der Waals surface area contributed by atoms with Crippen LogP contribution in [-0.4, -0.2) is 21.1 Å². The highest BCUT2D eigenvalue weighted by Crippen LogP contribution is 2.22. The second-order valence-electron chi connectivity index (χ2n) is 9.32. The number of rotatable bonds is 5. The Morgan fingerprint density at radius 3 is 2.11 bits per heavy atom. The van der Waals surface area contributed by atoms with Gasteiger partial charge in [-0.3, -0.25) is 4.79 Å². The van der Waals surface area contributed by atoms with Crippen LogP contribution in [0.2, 0.25) is 0 Å². The molecule has 1 unspecified atom stereocenters. The van der Waals surface area contributed by atoms with Crippen molar-refractivity contribution in [3.63, 3.8) is 0 Å². The molecule has 2 saturated carbocycles. The normalized spacial score (nSPS) is 17.5. The summed E-state index contributed by atoms with van der Waals surface area (Å²) in [6.45, 7) is 3.79. The summed E-state index contributed by atoms with van der Waals surface area (Å²) >= 11 is 0. The molecular weight excluding hydrogens is 472 g/mol. The molecule has 36 heavy (non-hydrogen) atoms. The summed E-state index contributed by atoms with van der Waals surface area (Å²) in [6.07, 6.45) is 14.7. The summed E-state index contributed by atoms with van der Waals surface area (Å²) in [6, 6.07) is 10.5. The molecule has 0 bridgehead atoms. The van der Waals surface area contributed by atoms with Crippen molar-refractivity contribution in [3.8, 4) is 6.07 Å². The molecule has 1 aromatic heterocycles. The van der Waals surface area contributed by atoms with Crippen molar-refractivity contribution in [3.05, 3.63) is 52.4 Å². The largest absolute Gasteiger partial charge is 0.398 e. The molecule has 8 nitrogen and oxygen atoms in total. The van der Waals surface area contributed by atoms with Gasteiger partial charge in [-0.25, -0.2) is 13.9 Å². The lowest BCUT2D eigenvalue weighted by molar-refractivity contribution is 0.385. The number of nitrogen functional groups attached to an aromatic ring is 1. The van der Waals surface area contributed by atoms with E-state index in [9.17, 15) is 9.00 Å². The lowest BCUT2D eigenvalue weighted by Gasteiger charge is -2.22. The SMILES string of the molecule is CC#N.CC1CCCCC1.NC(=Nc1ccc(S(=O)NC2CCCCC2)cc1)c1c(N)cc[nH]c1=O. The highest BCUT2D eigenvalue weighted by molar-refractivity contribution is 7.83. The smallest absolute Gasteiger partial charge is 0.261 e. The fourth-order valence-electron chi connectivity index (χ4n) is 4.34. The third kappa shape index (κ3) is 9.96. The molecule has 0 spiro atoms. The minimum Gasteiger partial charge on any atom is -0.398 e. The Balaban J connectivity index is 0.000000383. The van der Waals surface area contributed by atoms with Crippen LogP contribution in [0.4, 0.5) is 11.4 Å². The number of nitrogens with one attached hydrogen (secondary N) is 2. The average Bonchev–Trinajstić information content (AvgIpc) is 2.86. The molecule has 0 aliphatic heterocycles. The number of nitrogens with zero attached hydrogens (tertiary/aromatic N) is 2. The fraction of sp³-hybridized carbons (Fsp3) is 0.519. The van der Waals surface area contributed by atoms with E-state index in [-0.39, 0.29) is 22.6 Å². The molecular formula is C27H40N6O2S. The number of pyridine rings is 1. The van der Waals surface area contributed by atoms with Gasteiger partial charge in [0.25, 0.3) is 5.56 Å². The van der Waals surface area contributed by atoms with Crippen molar-refractivity contribution in [1.29, 1.82) is 5.26 Å². The summed E-state index contributed by atoms with van der Waals surface area (Å²) in [5.41, 5.74) is 12.3. The predicted molar refractivity (Wildman–Crippen MR) is 148 cm³/mol. The van der Waals surface area contributed by atoms with Crippen molar-refractivity contribution in [2.24, 2.45) is 16.6 Å². The maximum atomic E-state index is 12.4. The summed E-state index contributed by atoms with van der Waals surface area (Å²) in [4.78, 5) is 19.3. The van der Waals surface area contributed by atoms with Crippen molar-refractivity contribution in [2.75, 3.05) is 5.73 Å². The highest BCUT2D eigenvalue weighted by atomic mass is 32.2. The van der Waals surface area contributed by atoms with Crippen LogP contribution < -0.4 is 21.7 Å². The lowest BCUT2D eigenvalue weighted by atomic mass is 9.91. The van der Waals surface area contributed by atoms with Gasteiger partial charge < -0.3 is 16.5 Å². The standard InChI is InChI=1S/C18H23N5O2S.C7H14.C2H3N/c19-15-10-11-21-18(24)16(15)17(20)22-12-6-8-14(9-7-12)26(25)23-13-4-2-1-3-5-13;1-7-5-3-2-4-6-7;1-2-3/h6-11,13,23H,1-5H2,(H2,20,22)(H3,19,21,24);7H,2-6H2,1H3;1H3. The van der Waals surface area contributed by atoms with Crippen molar-refractivity contribution >= 4 is 28.2 Å². The van der Waals surface area contributed by atoms with Crippen LogP contribution in [0, 0.1) is 17.2 Å². The Bertz CT molecular complexity index is 1080. The monoisotopic (exact) mass is 512 g/mol. The minimum absolute atomic E-state index is 0.0403. The molecule has 2 aliphatic rings. The van der Waals surface area contributed by atoms with Gasteiger partial charge in [0.2, 0.25) is 0 Å². The first-order chi connectivity index (χ1) is 17.3. The number of aliphatic imine (C=N–C) groups is 1. The zero-order chi connectivity index (χ0) is 26.3. The van der Waals surface area contributed by atoms with Crippen LogP contribution in [0.15, 0.2) is 51.2 Å². The number of hydrogen-bond acceptors (Lipinski definition) is 5. The van der Waals surface area contributed by atoms with Crippen molar-refractivity contribution in [2.45, 2.75) is 89.0 Å². The molecule has 4 rings (SSSR count). The fourth-order valence-corrected chi connectivity index (χ4v) is 5.40. The van der Waals surface area contributed by atoms with Crippen LogP contribution in [-0.2, 0) is 11.0 Å². The number of nitriles is 1. The van der Waals surface area contributed by atoms with Crippen LogP contribution >= 0.6 is 0 Å². The van der Waals surface area contributed by atoms with Crippen LogP contribution in [0.5, 0.6) is 0 Å². The quantitative estimate of drug-likeness (QED) is 0.326. The van der Waals surface area contributed by atoms with E-state index in [4.69, 9.17) is 16.7 Å². The molecule has 2 aromatic rings. The Morgan fingerprint density at radius 1 is 1.06 bits per heavy atom. The zero-order valence-corrected chi connectivity index (χ0v) is 22.3. The molecule has 0 amide bonds. The van der Waals surface area contributed by atoms with Gasteiger partial charge in [0.05, 0.1) is 16.7 Å². The molecule has 1 heterocycles. The van der Waals surface area contributed by atoms with E-state index in [1.807, 2.05) is 0 Å². The number of H-pyrrole nitrogens is 1. The number of hydrogen-bond donors (Lipinski definition) is 4. The molecule has 9 heteroatoms. The van der Waals surface area contributed by atoms with E-state index in [1.165, 1.54) is 64.5 Å². The lowest BCUT2D eigenvalue weighted by Crippen LogP contribution is -2.32. The van der Waals surface area contributed by atoms with E-state index in [0.29, 0.717) is 16.6 Å². The van der Waals surface area contributed by atoms with Crippen LogP contribution in [0.3, 0.4) is 0 Å². The Morgan fingerprint density at radius 2 is 1.61 bits per heavy atom. The second-order valence-corrected chi connectivity index (χ2v) is 10.6. The molecule has 2 aliphatic carbocycles. The van der Waals surface area contributed by atoms with E-state index < -0.39 is 11.0 Å². The maximum absolute atomic E-state index is 12.4. The van der Waals surface area contributed by atoms with Gasteiger partial charge in [-0.05, 0) is 49.1 Å². The number of aromatic nitrogens is 1. The van der Waals surface area contributed by atoms with E-state index in [0.717, 1.165) is 18.8 Å². The topological polar surface area (TPSA) is 150 Å². The minimum atomic E-state index is -1.25. The first-order valence-corrected chi connectivity index (χ1v) is 13.9. The Labute approximate surface area is 217 Å². The molecule has 1 aromatic carbocycles. The third-order valence-corrected chi connectivity index (χ3v) is 7.57. The molecule has 2 fully saturated rings. The van der Waals surface area contributed by atoms with Crippen molar-refractivity contribution in [1.82, 2.24) is 9.71 Å². The van der Waals surface area contributed by atoms with Gasteiger partial charge in [0.15, 0.2) is 0 Å². The number of benzene rings is 1. The Hall–Kier alpha value is -2.96. The predicted octanol–water partition coefficient (Wildman–Crippen LogP) is 5.06. The molecule has 0 radical (unpaired) electrons. The molecule has 0 saturated heterocycles. The first-order valence-electron chi connectivity index (χ1n) is 12.8. The molecule has 196 valence electrons. The van der Waals surface area contributed by atoms with Gasteiger partial charge in [0.1, 0.15) is 22.4 Å². The van der Waals surface area contributed by atoms with Crippen LogP contribution in [0.1, 0.15) is 83.6 Å². The molecule has 1 atom stereocenters. The third-order valence-electron chi connectivity index (χ3n) is 6.32. The number of aromatic amines is 1. The summed E-state index contributed by atoms with van der Waals surface area (Å²) in [5, 5.41) is 7.32. The van der Waals surface area contributed by atoms with E-state index in [2.05, 4.69) is 21.6 Å². The number of amidine groups is 1. The second kappa shape index (κ2) is 15.9. The number of nitrogens with two attached hydrogens (primary N) is 2. The van der Waals surface area contributed by atoms with Crippen molar-refractivity contribution < 1.29 is 4.21 Å². The Kier molecular flexibility index (Phi) is 12.9. The molecule has 6 N–H and O–H groups in total. The average molecular weight is 513 g/mol. The van der Waals surface area contributed by atoms with Gasteiger partial charge in [-0.15, -0.1) is 0 Å². The first kappa shape index (κ1) is 29.3. The highest BCUT2D eigenvalue weighted by Gasteiger charge is 2.16. The van der Waals surface area contributed by atoms with Gasteiger partial charge in [0, 0.05) is 24.8 Å². The maximum Gasteiger partial charge on any atom is 0.261 e. The van der Waals surface area contributed by atoms with Gasteiger partial charge >= 0.3 is 0 Å². The van der Waals surface area contributed by atoms with E-state index in [1.54, 1.807) is 36.4 Å². The van der Waals surface area contributed by atoms with Gasteiger partial charge in [-0.1, -0.05) is 58.3 Å². The summed E-state index contributed by atoms with van der Waals surface area (Å²) < 4.78 is 15.6. The van der Waals surface area contributed by atoms with Crippen LogP contribution in [0.25, 0.3) is 0 Å². The van der Waals surface area contributed by atoms with Gasteiger partial charge in [-0.2, -0.15) is 5.26 Å². The van der Waals surface area contributed by atoms with E-state index >= 15 is 0 Å². The summed E-state index contributed by atoms with van der Waals surface area (Å²) in [5.74, 6) is 1.08. The number of anilines is 1. The zero-order valence-electron chi connectivity index (χ0n) is 21.5. The summed E-state index contributed by atoms with van der Waals surface area (Å²) in [7, 11) is -1.25.